The van der Waals surface area contributed by atoms with Crippen LogP contribution in [0.3, 0.4) is 0 Å². The van der Waals surface area contributed by atoms with E-state index in [-0.39, 0.29) is 16.0 Å². The van der Waals surface area contributed by atoms with Gasteiger partial charge in [-0.2, -0.15) is 0 Å². The molecule has 1 aromatic rings. The maximum absolute atomic E-state index is 13.1. The Morgan fingerprint density at radius 3 is 2.29 bits per heavy atom. The van der Waals surface area contributed by atoms with E-state index >= 15 is 0 Å². The monoisotopic (exact) mass is 235 g/mol. The first-order chi connectivity index (χ1) is 6.56. The SMILES string of the molecule is CC(CCN)c1cc(Cl)c(F)c(Cl)c1. The maximum atomic E-state index is 13.1. The molecule has 0 saturated carbocycles. The van der Waals surface area contributed by atoms with Crippen LogP contribution in [0, 0.1) is 5.82 Å². The molecule has 1 unspecified atom stereocenters. The van der Waals surface area contributed by atoms with Gasteiger partial charge in [-0.05, 0) is 36.6 Å². The number of hydrogen-bond acceptors (Lipinski definition) is 1. The summed E-state index contributed by atoms with van der Waals surface area (Å²) < 4.78 is 13.1. The molecule has 78 valence electrons. The molecule has 0 radical (unpaired) electrons. The van der Waals surface area contributed by atoms with Gasteiger partial charge in [0.25, 0.3) is 0 Å². The third-order valence-corrected chi connectivity index (χ3v) is 2.72. The normalized spacial score (nSPS) is 12.9. The zero-order valence-corrected chi connectivity index (χ0v) is 9.37. The summed E-state index contributed by atoms with van der Waals surface area (Å²) in [6, 6.07) is 3.20. The van der Waals surface area contributed by atoms with E-state index in [1.54, 1.807) is 12.1 Å². The Bertz CT molecular complexity index is 305. The summed E-state index contributed by atoms with van der Waals surface area (Å²) in [4.78, 5) is 0. The van der Waals surface area contributed by atoms with E-state index in [0.29, 0.717) is 6.54 Å². The van der Waals surface area contributed by atoms with Crippen LogP contribution in [-0.4, -0.2) is 6.54 Å². The summed E-state index contributed by atoms with van der Waals surface area (Å²) in [6.07, 6.45) is 0.832. The summed E-state index contributed by atoms with van der Waals surface area (Å²) >= 11 is 11.3. The molecular weight excluding hydrogens is 224 g/mol. The molecule has 1 aromatic carbocycles. The third kappa shape index (κ3) is 2.59. The molecule has 0 fully saturated rings. The first-order valence-electron chi connectivity index (χ1n) is 4.40. The van der Waals surface area contributed by atoms with Gasteiger partial charge in [-0.25, -0.2) is 4.39 Å². The maximum Gasteiger partial charge on any atom is 0.160 e. The van der Waals surface area contributed by atoms with Gasteiger partial charge in [0.2, 0.25) is 0 Å². The van der Waals surface area contributed by atoms with Crippen LogP contribution in [0.1, 0.15) is 24.8 Å². The largest absolute Gasteiger partial charge is 0.330 e. The molecule has 0 aromatic heterocycles. The zero-order chi connectivity index (χ0) is 10.7. The Morgan fingerprint density at radius 2 is 1.86 bits per heavy atom. The molecule has 0 aliphatic carbocycles. The second-order valence-electron chi connectivity index (χ2n) is 3.28. The third-order valence-electron chi connectivity index (χ3n) is 2.17. The Kier molecular flexibility index (Phi) is 4.17. The van der Waals surface area contributed by atoms with E-state index in [0.717, 1.165) is 12.0 Å². The smallest absolute Gasteiger partial charge is 0.160 e. The molecule has 1 nitrogen and oxygen atoms in total. The van der Waals surface area contributed by atoms with Crippen molar-refractivity contribution in [2.75, 3.05) is 6.54 Å². The zero-order valence-electron chi connectivity index (χ0n) is 7.86. The highest BCUT2D eigenvalue weighted by Crippen LogP contribution is 2.29. The molecule has 0 spiro atoms. The van der Waals surface area contributed by atoms with Crippen molar-refractivity contribution < 1.29 is 4.39 Å². The van der Waals surface area contributed by atoms with Gasteiger partial charge in [0.15, 0.2) is 5.82 Å². The summed E-state index contributed by atoms with van der Waals surface area (Å²) in [5.41, 5.74) is 6.36. The molecule has 1 rings (SSSR count). The molecule has 0 aliphatic heterocycles. The summed E-state index contributed by atoms with van der Waals surface area (Å²) in [6.45, 7) is 2.60. The van der Waals surface area contributed by atoms with Gasteiger partial charge in [0.05, 0.1) is 10.0 Å². The van der Waals surface area contributed by atoms with Crippen molar-refractivity contribution in [2.24, 2.45) is 5.73 Å². The molecule has 0 saturated heterocycles. The van der Waals surface area contributed by atoms with Gasteiger partial charge in [-0.3, -0.25) is 0 Å². The van der Waals surface area contributed by atoms with Gasteiger partial charge in [0.1, 0.15) is 0 Å². The van der Waals surface area contributed by atoms with Gasteiger partial charge >= 0.3 is 0 Å². The molecule has 0 bridgehead atoms. The molecule has 0 amide bonds. The lowest BCUT2D eigenvalue weighted by Gasteiger charge is -2.11. The predicted octanol–water partition coefficient (Wildman–Crippen LogP) is 3.58. The van der Waals surface area contributed by atoms with E-state index in [9.17, 15) is 4.39 Å². The summed E-state index contributed by atoms with van der Waals surface area (Å²) in [5.74, 6) is -0.312. The van der Waals surface area contributed by atoms with Crippen LogP contribution in [0.2, 0.25) is 10.0 Å². The molecule has 14 heavy (non-hydrogen) atoms. The molecular formula is C10H12Cl2FN. The summed E-state index contributed by atoms with van der Waals surface area (Å²) in [5, 5.41) is 0.132. The minimum absolute atomic E-state index is 0.0661. The fraction of sp³-hybridized carbons (Fsp3) is 0.400. The van der Waals surface area contributed by atoms with Crippen LogP contribution < -0.4 is 5.73 Å². The van der Waals surface area contributed by atoms with Crippen LogP contribution in [-0.2, 0) is 0 Å². The number of benzene rings is 1. The summed E-state index contributed by atoms with van der Waals surface area (Å²) in [7, 11) is 0. The lowest BCUT2D eigenvalue weighted by atomic mass is 9.98. The van der Waals surface area contributed by atoms with Crippen molar-refractivity contribution in [3.8, 4) is 0 Å². The molecule has 0 aliphatic rings. The van der Waals surface area contributed by atoms with Crippen LogP contribution in [0.15, 0.2) is 12.1 Å². The van der Waals surface area contributed by atoms with E-state index in [1.165, 1.54) is 0 Å². The molecule has 4 heteroatoms. The quantitative estimate of drug-likeness (QED) is 0.797. The Balaban J connectivity index is 3.00. The minimum Gasteiger partial charge on any atom is -0.330 e. The second-order valence-corrected chi connectivity index (χ2v) is 4.09. The number of nitrogens with two attached hydrogens (primary N) is 1. The van der Waals surface area contributed by atoms with Gasteiger partial charge in [-0.1, -0.05) is 30.1 Å². The first-order valence-corrected chi connectivity index (χ1v) is 5.16. The van der Waals surface area contributed by atoms with Crippen LogP contribution in [0.4, 0.5) is 4.39 Å². The van der Waals surface area contributed by atoms with Crippen molar-refractivity contribution in [2.45, 2.75) is 19.3 Å². The predicted molar refractivity (Wildman–Crippen MR) is 58.5 cm³/mol. The topological polar surface area (TPSA) is 26.0 Å². The van der Waals surface area contributed by atoms with Crippen molar-refractivity contribution in [1.29, 1.82) is 0 Å². The number of halogens is 3. The average molecular weight is 236 g/mol. The van der Waals surface area contributed by atoms with E-state index in [4.69, 9.17) is 28.9 Å². The highest BCUT2D eigenvalue weighted by atomic mass is 35.5. The number of rotatable bonds is 3. The fourth-order valence-electron chi connectivity index (χ4n) is 1.28. The highest BCUT2D eigenvalue weighted by molar-refractivity contribution is 6.35. The van der Waals surface area contributed by atoms with Crippen molar-refractivity contribution >= 4 is 23.2 Å². The Labute approximate surface area is 93.0 Å². The standard InChI is InChI=1S/C10H12Cl2FN/c1-6(2-3-14)7-4-8(11)10(13)9(12)5-7/h4-6H,2-3,14H2,1H3. The molecule has 0 heterocycles. The van der Waals surface area contributed by atoms with Gasteiger partial charge < -0.3 is 5.73 Å². The van der Waals surface area contributed by atoms with Crippen molar-refractivity contribution in [3.63, 3.8) is 0 Å². The lowest BCUT2D eigenvalue weighted by Crippen LogP contribution is -2.04. The second kappa shape index (κ2) is 4.96. The van der Waals surface area contributed by atoms with Gasteiger partial charge in [0, 0.05) is 0 Å². The number of hydrogen-bond donors (Lipinski definition) is 1. The van der Waals surface area contributed by atoms with E-state index < -0.39 is 5.82 Å². The molecule has 2 N–H and O–H groups in total. The van der Waals surface area contributed by atoms with E-state index in [1.807, 2.05) is 6.92 Å². The molecule has 1 atom stereocenters. The fourth-order valence-corrected chi connectivity index (χ4v) is 1.78. The minimum atomic E-state index is -0.558. The Hall–Kier alpha value is -0.310. The highest BCUT2D eigenvalue weighted by Gasteiger charge is 2.11. The van der Waals surface area contributed by atoms with Gasteiger partial charge in [-0.15, -0.1) is 0 Å². The van der Waals surface area contributed by atoms with Crippen LogP contribution in [0.5, 0.6) is 0 Å². The lowest BCUT2D eigenvalue weighted by molar-refractivity contribution is 0.624. The average Bonchev–Trinajstić information content (AvgIpc) is 2.13. The van der Waals surface area contributed by atoms with Crippen LogP contribution >= 0.6 is 23.2 Å². The van der Waals surface area contributed by atoms with Crippen molar-refractivity contribution in [3.05, 3.63) is 33.6 Å². The van der Waals surface area contributed by atoms with E-state index in [2.05, 4.69) is 0 Å². The Morgan fingerprint density at radius 1 is 1.36 bits per heavy atom. The van der Waals surface area contributed by atoms with Crippen molar-refractivity contribution in [1.82, 2.24) is 0 Å². The van der Waals surface area contributed by atoms with Crippen LogP contribution in [0.25, 0.3) is 0 Å². The first kappa shape index (κ1) is 11.8.